The third kappa shape index (κ3) is 3.90. The Morgan fingerprint density at radius 2 is 2.23 bits per heavy atom. The number of nitriles is 1. The summed E-state index contributed by atoms with van der Waals surface area (Å²) >= 11 is 0. The van der Waals surface area contributed by atoms with Crippen molar-refractivity contribution in [3.8, 4) is 6.07 Å². The number of β-amino-alcohol motifs (C(OH)–C–C–N with tert-alkyl or cyclic N) is 1. The molecule has 0 aliphatic carbocycles. The van der Waals surface area contributed by atoms with Gasteiger partial charge < -0.3 is 19.6 Å². The summed E-state index contributed by atoms with van der Waals surface area (Å²) in [4.78, 5) is 23.6. The molecule has 1 amide bonds. The summed E-state index contributed by atoms with van der Waals surface area (Å²) in [5.41, 5.74) is 0.217. The first-order chi connectivity index (χ1) is 10.7. The summed E-state index contributed by atoms with van der Waals surface area (Å²) in [7, 11) is 1.55. The zero-order valence-corrected chi connectivity index (χ0v) is 12.5. The first-order valence-electron chi connectivity index (χ1n) is 7.06. The normalized spacial score (nSPS) is 18.7. The highest BCUT2D eigenvalue weighted by Crippen LogP contribution is 2.17. The molecule has 1 fully saturated rings. The maximum atomic E-state index is 12.1. The third-order valence-electron chi connectivity index (χ3n) is 3.46. The Kier molecular flexibility index (Phi) is 5.63. The number of hydrogen-bond acceptors (Lipinski definition) is 7. The fourth-order valence-corrected chi connectivity index (χ4v) is 2.40. The van der Waals surface area contributed by atoms with Crippen LogP contribution in [0.1, 0.15) is 12.1 Å². The quantitative estimate of drug-likeness (QED) is 0.792. The van der Waals surface area contributed by atoms with Crippen molar-refractivity contribution >= 4 is 11.7 Å². The fourth-order valence-electron chi connectivity index (χ4n) is 2.40. The second kappa shape index (κ2) is 7.68. The fraction of sp³-hybridized carbons (Fsp3) is 0.571. The van der Waals surface area contributed by atoms with Gasteiger partial charge in [0.1, 0.15) is 6.07 Å². The Morgan fingerprint density at radius 1 is 1.45 bits per heavy atom. The van der Waals surface area contributed by atoms with Crippen LogP contribution in [-0.4, -0.2) is 71.9 Å². The van der Waals surface area contributed by atoms with Gasteiger partial charge in [-0.3, -0.25) is 4.79 Å². The number of ether oxygens (including phenoxy) is 1. The molecule has 1 saturated heterocycles. The summed E-state index contributed by atoms with van der Waals surface area (Å²) in [6, 6.07) is 2.00. The predicted octanol–water partition coefficient (Wildman–Crippen LogP) is -0.606. The van der Waals surface area contributed by atoms with Gasteiger partial charge in [0, 0.05) is 45.7 Å². The zero-order chi connectivity index (χ0) is 15.9. The van der Waals surface area contributed by atoms with Crippen LogP contribution in [-0.2, 0) is 9.53 Å². The highest BCUT2D eigenvalue weighted by Gasteiger charge is 2.26. The van der Waals surface area contributed by atoms with Crippen LogP contribution < -0.4 is 4.90 Å². The van der Waals surface area contributed by atoms with Crippen molar-refractivity contribution in [3.05, 3.63) is 18.1 Å². The van der Waals surface area contributed by atoms with E-state index in [1.165, 1.54) is 12.4 Å². The molecule has 0 aromatic carbocycles. The highest BCUT2D eigenvalue weighted by molar-refractivity contribution is 5.76. The number of rotatable bonds is 4. The Morgan fingerprint density at radius 3 is 2.95 bits per heavy atom. The van der Waals surface area contributed by atoms with Gasteiger partial charge in [0.25, 0.3) is 0 Å². The molecule has 0 bridgehead atoms. The van der Waals surface area contributed by atoms with E-state index in [0.29, 0.717) is 32.1 Å². The van der Waals surface area contributed by atoms with E-state index >= 15 is 0 Å². The van der Waals surface area contributed by atoms with Crippen LogP contribution in [0.25, 0.3) is 0 Å². The number of methoxy groups -OCH3 is 1. The number of aliphatic hydroxyl groups excluding tert-OH is 1. The van der Waals surface area contributed by atoms with Crippen LogP contribution in [0, 0.1) is 11.3 Å². The van der Waals surface area contributed by atoms with Crippen LogP contribution >= 0.6 is 0 Å². The predicted molar refractivity (Wildman–Crippen MR) is 78.0 cm³/mol. The zero-order valence-electron chi connectivity index (χ0n) is 12.5. The first-order valence-corrected chi connectivity index (χ1v) is 7.06. The van der Waals surface area contributed by atoms with Gasteiger partial charge in [-0.1, -0.05) is 0 Å². The molecule has 1 atom stereocenters. The van der Waals surface area contributed by atoms with Crippen molar-refractivity contribution in [2.75, 3.05) is 44.8 Å². The van der Waals surface area contributed by atoms with E-state index in [9.17, 15) is 9.90 Å². The summed E-state index contributed by atoms with van der Waals surface area (Å²) in [5, 5.41) is 19.2. The SMILES string of the molecule is COCCC(=O)N1CCN(c2nccnc2C#N)C[C@H](O)C1. The molecule has 0 unspecified atom stereocenters. The largest absolute Gasteiger partial charge is 0.389 e. The van der Waals surface area contributed by atoms with Gasteiger partial charge in [-0.2, -0.15) is 5.26 Å². The second-order valence-electron chi connectivity index (χ2n) is 5.02. The van der Waals surface area contributed by atoms with E-state index in [4.69, 9.17) is 10.00 Å². The van der Waals surface area contributed by atoms with Crippen molar-refractivity contribution < 1.29 is 14.6 Å². The number of carbonyl (C=O) groups is 1. The third-order valence-corrected chi connectivity index (χ3v) is 3.46. The van der Waals surface area contributed by atoms with Crippen LogP contribution in [0.4, 0.5) is 5.82 Å². The number of aliphatic hydroxyl groups is 1. The van der Waals surface area contributed by atoms with Gasteiger partial charge in [-0.05, 0) is 0 Å². The molecule has 2 heterocycles. The molecule has 8 heteroatoms. The molecule has 0 saturated carbocycles. The smallest absolute Gasteiger partial charge is 0.225 e. The van der Waals surface area contributed by atoms with Crippen molar-refractivity contribution in [2.24, 2.45) is 0 Å². The highest BCUT2D eigenvalue weighted by atomic mass is 16.5. The molecule has 1 N–H and O–H groups in total. The van der Waals surface area contributed by atoms with E-state index in [1.54, 1.807) is 16.9 Å². The Bertz CT molecular complexity index is 560. The Labute approximate surface area is 128 Å². The lowest BCUT2D eigenvalue weighted by atomic mass is 10.3. The molecule has 1 aromatic rings. The molecule has 8 nitrogen and oxygen atoms in total. The van der Waals surface area contributed by atoms with Crippen molar-refractivity contribution in [1.82, 2.24) is 14.9 Å². The van der Waals surface area contributed by atoms with E-state index in [1.807, 2.05) is 6.07 Å². The standard InChI is InChI=1S/C14H19N5O3/c1-22-7-2-13(21)18-5-6-19(10-11(20)9-18)14-12(8-15)16-3-4-17-14/h3-4,11,20H,2,5-7,9-10H2,1H3/t11-/m1/s1. The monoisotopic (exact) mass is 305 g/mol. The maximum absolute atomic E-state index is 12.1. The number of nitrogens with zero attached hydrogens (tertiary/aromatic N) is 5. The number of anilines is 1. The second-order valence-corrected chi connectivity index (χ2v) is 5.02. The van der Waals surface area contributed by atoms with E-state index in [2.05, 4.69) is 9.97 Å². The van der Waals surface area contributed by atoms with Gasteiger partial charge in [0.15, 0.2) is 11.5 Å². The van der Waals surface area contributed by atoms with Gasteiger partial charge in [0.2, 0.25) is 5.91 Å². The molecule has 1 aliphatic heterocycles. The lowest BCUT2D eigenvalue weighted by Gasteiger charge is -2.22. The molecule has 1 aliphatic rings. The van der Waals surface area contributed by atoms with Crippen LogP contribution in [0.3, 0.4) is 0 Å². The van der Waals surface area contributed by atoms with Gasteiger partial charge >= 0.3 is 0 Å². The lowest BCUT2D eigenvalue weighted by Crippen LogP contribution is -2.38. The Hall–Kier alpha value is -2.24. The Balaban J connectivity index is 2.09. The number of amides is 1. The topological polar surface area (TPSA) is 103 Å². The molecule has 22 heavy (non-hydrogen) atoms. The summed E-state index contributed by atoms with van der Waals surface area (Å²) in [5.74, 6) is 0.387. The minimum Gasteiger partial charge on any atom is -0.389 e. The summed E-state index contributed by atoms with van der Waals surface area (Å²) < 4.78 is 4.91. The van der Waals surface area contributed by atoms with Crippen molar-refractivity contribution in [3.63, 3.8) is 0 Å². The molecule has 2 rings (SSSR count). The van der Waals surface area contributed by atoms with Gasteiger partial charge in [-0.15, -0.1) is 0 Å². The lowest BCUT2D eigenvalue weighted by molar-refractivity contribution is -0.133. The molecule has 1 aromatic heterocycles. The van der Waals surface area contributed by atoms with E-state index in [0.717, 1.165) is 0 Å². The number of carbonyl (C=O) groups excluding carboxylic acids is 1. The van der Waals surface area contributed by atoms with E-state index in [-0.39, 0.29) is 24.6 Å². The van der Waals surface area contributed by atoms with Crippen molar-refractivity contribution in [2.45, 2.75) is 12.5 Å². The van der Waals surface area contributed by atoms with Crippen molar-refractivity contribution in [1.29, 1.82) is 5.26 Å². The van der Waals surface area contributed by atoms with Crippen LogP contribution in [0.15, 0.2) is 12.4 Å². The number of hydrogen-bond donors (Lipinski definition) is 1. The summed E-state index contributed by atoms with van der Waals surface area (Å²) in [6.07, 6.45) is 2.55. The van der Waals surface area contributed by atoms with Crippen LogP contribution in [0.2, 0.25) is 0 Å². The first kappa shape index (κ1) is 16.1. The van der Waals surface area contributed by atoms with Gasteiger partial charge in [0.05, 0.1) is 19.1 Å². The minimum absolute atomic E-state index is 0.0533. The average molecular weight is 305 g/mol. The minimum atomic E-state index is -0.706. The number of aromatic nitrogens is 2. The molecule has 118 valence electrons. The molecule has 0 spiro atoms. The average Bonchev–Trinajstić information content (AvgIpc) is 2.74. The molecular formula is C14H19N5O3. The molecule has 0 radical (unpaired) electrons. The maximum Gasteiger partial charge on any atom is 0.225 e. The van der Waals surface area contributed by atoms with Gasteiger partial charge in [-0.25, -0.2) is 9.97 Å². The molecular weight excluding hydrogens is 286 g/mol. The van der Waals surface area contributed by atoms with Crippen LogP contribution in [0.5, 0.6) is 0 Å². The van der Waals surface area contributed by atoms with E-state index < -0.39 is 6.10 Å². The summed E-state index contributed by atoms with van der Waals surface area (Å²) in [6.45, 7) is 1.88.